The third-order valence-electron chi connectivity index (χ3n) is 4.19. The maximum Gasteiger partial charge on any atom is 0.315 e. The van der Waals surface area contributed by atoms with Gasteiger partial charge < -0.3 is 15.4 Å². The molecule has 1 aliphatic carbocycles. The smallest absolute Gasteiger partial charge is 0.315 e. The highest BCUT2D eigenvalue weighted by atomic mass is 32.1. The lowest BCUT2D eigenvalue weighted by atomic mass is 9.83. The maximum atomic E-state index is 11.9. The van der Waals surface area contributed by atoms with Crippen LogP contribution in [0.1, 0.15) is 42.0 Å². The maximum absolute atomic E-state index is 11.9. The summed E-state index contributed by atoms with van der Waals surface area (Å²) in [5, 5.41) is 6.84. The molecule has 0 atom stereocenters. The van der Waals surface area contributed by atoms with E-state index in [1.54, 1.807) is 18.4 Å². The molecule has 1 aromatic rings. The Morgan fingerprint density at radius 3 is 2.81 bits per heavy atom. The first-order valence-electron chi connectivity index (χ1n) is 7.55. The molecule has 0 radical (unpaired) electrons. The summed E-state index contributed by atoms with van der Waals surface area (Å²) >= 11 is 1.61. The fraction of sp³-hybridized carbons (Fsp3) is 0.733. The summed E-state index contributed by atoms with van der Waals surface area (Å²) in [4.78, 5) is 17.3. The molecule has 0 bridgehead atoms. The lowest BCUT2D eigenvalue weighted by Gasteiger charge is -2.29. The lowest BCUT2D eigenvalue weighted by molar-refractivity contribution is 0.136. The number of aryl methyl sites for hydroxylation is 1. The van der Waals surface area contributed by atoms with E-state index in [9.17, 15) is 4.79 Å². The summed E-state index contributed by atoms with van der Waals surface area (Å²) in [6.07, 6.45) is 7.73. The van der Waals surface area contributed by atoms with Crippen LogP contribution in [0.4, 0.5) is 4.79 Å². The normalized spacial score (nSPS) is 16.9. The van der Waals surface area contributed by atoms with Crippen molar-refractivity contribution in [1.29, 1.82) is 0 Å². The fourth-order valence-electron chi connectivity index (χ4n) is 2.93. The van der Waals surface area contributed by atoms with Gasteiger partial charge in [0.1, 0.15) is 5.01 Å². The van der Waals surface area contributed by atoms with E-state index in [0.717, 1.165) is 29.5 Å². The van der Waals surface area contributed by atoms with Crippen molar-refractivity contribution in [3.63, 3.8) is 0 Å². The van der Waals surface area contributed by atoms with Crippen LogP contribution in [0.5, 0.6) is 0 Å². The van der Waals surface area contributed by atoms with Crippen LogP contribution in [0.2, 0.25) is 0 Å². The van der Waals surface area contributed by atoms with E-state index in [4.69, 9.17) is 4.74 Å². The summed E-state index contributed by atoms with van der Waals surface area (Å²) in [7, 11) is 1.73. The summed E-state index contributed by atoms with van der Waals surface area (Å²) in [5.41, 5.74) is 0.227. The van der Waals surface area contributed by atoms with Gasteiger partial charge in [0.15, 0.2) is 0 Å². The SMILES string of the molecule is COCCC1(CNC(=O)NCc2ncc(C)s2)CCCC1. The van der Waals surface area contributed by atoms with Gasteiger partial charge in [-0.3, -0.25) is 0 Å². The molecule has 0 aliphatic heterocycles. The number of nitrogens with one attached hydrogen (secondary N) is 2. The van der Waals surface area contributed by atoms with E-state index in [0.29, 0.717) is 6.54 Å². The highest BCUT2D eigenvalue weighted by Crippen LogP contribution is 2.40. The van der Waals surface area contributed by atoms with Gasteiger partial charge in [0, 0.05) is 31.3 Å². The molecular formula is C15H25N3O2S. The average molecular weight is 311 g/mol. The fourth-order valence-corrected chi connectivity index (χ4v) is 3.65. The van der Waals surface area contributed by atoms with Crippen LogP contribution in [-0.2, 0) is 11.3 Å². The monoisotopic (exact) mass is 311 g/mol. The molecule has 5 nitrogen and oxygen atoms in total. The minimum Gasteiger partial charge on any atom is -0.385 e. The van der Waals surface area contributed by atoms with Gasteiger partial charge in [-0.25, -0.2) is 9.78 Å². The largest absolute Gasteiger partial charge is 0.385 e. The van der Waals surface area contributed by atoms with Crippen molar-refractivity contribution in [2.24, 2.45) is 5.41 Å². The molecule has 1 aliphatic rings. The number of ether oxygens (including phenoxy) is 1. The zero-order chi connectivity index (χ0) is 15.1. The van der Waals surface area contributed by atoms with Crippen LogP contribution >= 0.6 is 11.3 Å². The zero-order valence-electron chi connectivity index (χ0n) is 12.9. The number of amides is 2. The van der Waals surface area contributed by atoms with Crippen LogP contribution in [0, 0.1) is 12.3 Å². The first kappa shape index (κ1) is 16.2. The van der Waals surface area contributed by atoms with Crippen molar-refractivity contribution in [3.8, 4) is 0 Å². The van der Waals surface area contributed by atoms with Crippen molar-refractivity contribution < 1.29 is 9.53 Å². The highest BCUT2D eigenvalue weighted by molar-refractivity contribution is 7.11. The number of hydrogen-bond acceptors (Lipinski definition) is 4. The molecule has 2 N–H and O–H groups in total. The van der Waals surface area contributed by atoms with E-state index in [1.807, 2.05) is 13.1 Å². The number of carbonyl (C=O) groups excluding carboxylic acids is 1. The Kier molecular flexibility index (Phi) is 5.99. The topological polar surface area (TPSA) is 63.2 Å². The number of thiazole rings is 1. The Morgan fingerprint density at radius 1 is 1.43 bits per heavy atom. The quantitative estimate of drug-likeness (QED) is 0.814. The number of hydrogen-bond donors (Lipinski definition) is 2. The molecule has 118 valence electrons. The van der Waals surface area contributed by atoms with E-state index >= 15 is 0 Å². The minimum absolute atomic E-state index is 0.105. The van der Waals surface area contributed by atoms with Crippen molar-refractivity contribution in [2.75, 3.05) is 20.3 Å². The van der Waals surface area contributed by atoms with Crippen LogP contribution in [0.25, 0.3) is 0 Å². The van der Waals surface area contributed by atoms with E-state index in [-0.39, 0.29) is 11.4 Å². The van der Waals surface area contributed by atoms with Gasteiger partial charge >= 0.3 is 6.03 Å². The average Bonchev–Trinajstić information content (AvgIpc) is 3.11. The Morgan fingerprint density at radius 2 is 2.19 bits per heavy atom. The van der Waals surface area contributed by atoms with Crippen LogP contribution < -0.4 is 10.6 Å². The van der Waals surface area contributed by atoms with Gasteiger partial charge in [-0.05, 0) is 31.6 Å². The molecule has 21 heavy (non-hydrogen) atoms. The third kappa shape index (κ3) is 4.97. The zero-order valence-corrected chi connectivity index (χ0v) is 13.7. The minimum atomic E-state index is -0.105. The number of urea groups is 1. The number of carbonyl (C=O) groups is 1. The third-order valence-corrected chi connectivity index (χ3v) is 5.11. The highest BCUT2D eigenvalue weighted by Gasteiger charge is 2.33. The van der Waals surface area contributed by atoms with Crippen LogP contribution in [0.3, 0.4) is 0 Å². The van der Waals surface area contributed by atoms with Crippen LogP contribution in [-0.4, -0.2) is 31.3 Å². The Bertz CT molecular complexity index is 456. The van der Waals surface area contributed by atoms with Crippen molar-refractivity contribution in [2.45, 2.75) is 45.6 Å². The standard InChI is InChI=1S/C15H25N3O2S/c1-12-9-16-13(21-12)10-17-14(19)18-11-15(7-8-20-2)5-3-4-6-15/h9H,3-8,10-11H2,1-2H3,(H2,17,18,19). The van der Waals surface area contributed by atoms with E-state index in [2.05, 4.69) is 15.6 Å². The molecule has 2 amide bonds. The molecule has 6 heteroatoms. The lowest BCUT2D eigenvalue weighted by Crippen LogP contribution is -2.42. The van der Waals surface area contributed by atoms with Crippen molar-refractivity contribution in [3.05, 3.63) is 16.1 Å². The number of aromatic nitrogens is 1. The predicted octanol–water partition coefficient (Wildman–Crippen LogP) is 2.85. The second-order valence-electron chi connectivity index (χ2n) is 5.85. The van der Waals surface area contributed by atoms with Crippen LogP contribution in [0.15, 0.2) is 6.20 Å². The first-order valence-corrected chi connectivity index (χ1v) is 8.37. The second kappa shape index (κ2) is 7.75. The number of rotatable bonds is 7. The van der Waals surface area contributed by atoms with Crippen molar-refractivity contribution >= 4 is 17.4 Å². The van der Waals surface area contributed by atoms with Crippen molar-refractivity contribution in [1.82, 2.24) is 15.6 Å². The molecule has 1 saturated carbocycles. The first-order chi connectivity index (χ1) is 10.1. The summed E-state index contributed by atoms with van der Waals surface area (Å²) in [5.74, 6) is 0. The molecule has 1 fully saturated rings. The molecule has 0 aromatic carbocycles. The van der Waals surface area contributed by atoms with Gasteiger partial charge in [0.25, 0.3) is 0 Å². The molecule has 1 aromatic heterocycles. The second-order valence-corrected chi connectivity index (χ2v) is 7.17. The molecule has 2 rings (SSSR count). The molecule has 0 unspecified atom stereocenters. The summed E-state index contributed by atoms with van der Waals surface area (Å²) < 4.78 is 5.21. The molecule has 0 spiro atoms. The van der Waals surface area contributed by atoms with Gasteiger partial charge in [-0.15, -0.1) is 11.3 Å². The summed E-state index contributed by atoms with van der Waals surface area (Å²) in [6.45, 7) is 4.01. The van der Waals surface area contributed by atoms with E-state index < -0.39 is 0 Å². The molecular weight excluding hydrogens is 286 g/mol. The van der Waals surface area contributed by atoms with Gasteiger partial charge in [0.2, 0.25) is 0 Å². The summed E-state index contributed by atoms with van der Waals surface area (Å²) in [6, 6.07) is -0.105. The number of nitrogens with zero attached hydrogens (tertiary/aromatic N) is 1. The van der Waals surface area contributed by atoms with E-state index in [1.165, 1.54) is 25.7 Å². The molecule has 0 saturated heterocycles. The Hall–Kier alpha value is -1.14. The van der Waals surface area contributed by atoms with Gasteiger partial charge in [0.05, 0.1) is 6.54 Å². The Balaban J connectivity index is 1.74. The Labute approximate surface area is 130 Å². The molecule has 1 heterocycles. The number of methoxy groups -OCH3 is 1. The van der Waals surface area contributed by atoms with Gasteiger partial charge in [-0.2, -0.15) is 0 Å². The predicted molar refractivity (Wildman–Crippen MR) is 84.5 cm³/mol. The van der Waals surface area contributed by atoms with Gasteiger partial charge in [-0.1, -0.05) is 12.8 Å².